The third-order valence-corrected chi connectivity index (χ3v) is 12.0. The molecule has 1 aliphatic heterocycles. The van der Waals surface area contributed by atoms with Crippen LogP contribution in [-0.4, -0.2) is 91.6 Å². The Morgan fingerprint density at radius 3 is 2.16 bits per heavy atom. The van der Waals surface area contributed by atoms with Crippen LogP contribution in [-0.2, 0) is 29.0 Å². The maximum atomic E-state index is 14.5. The summed E-state index contributed by atoms with van der Waals surface area (Å²) in [5, 5.41) is 11.3. The molecule has 1 heterocycles. The Morgan fingerprint density at radius 2 is 1.63 bits per heavy atom. The second kappa shape index (κ2) is 16.4. The Bertz CT molecular complexity index is 1350. The molecular weight excluding hydrogens is 646 g/mol. The number of ketones is 1. The highest BCUT2D eigenvalue weighted by Crippen LogP contribution is 2.40. The van der Waals surface area contributed by atoms with Gasteiger partial charge in [0.15, 0.2) is 0 Å². The summed E-state index contributed by atoms with van der Waals surface area (Å²) in [5.74, 6) is -2.35. The number of likely N-dealkylation sites (tertiary alicyclic amines) is 1. The third-order valence-electron chi connectivity index (χ3n) is 10.9. The first-order chi connectivity index (χ1) is 22.7. The number of nitrogens with zero attached hydrogens (tertiary/aromatic N) is 1. The second-order valence-electron chi connectivity index (χ2n) is 16.7. The van der Waals surface area contributed by atoms with Crippen molar-refractivity contribution in [2.75, 3.05) is 25.1 Å². The van der Waals surface area contributed by atoms with Crippen LogP contribution in [0.25, 0.3) is 0 Å². The lowest BCUT2D eigenvalue weighted by Gasteiger charge is -2.49. The molecule has 2 unspecified atom stereocenters. The Labute approximate surface area is 293 Å². The van der Waals surface area contributed by atoms with Crippen molar-refractivity contribution >= 4 is 39.4 Å². The largest absolute Gasteiger partial charge is 0.349 e. The molecule has 5 amide bonds. The maximum Gasteiger partial charge on any atom is 0.315 e. The van der Waals surface area contributed by atoms with Gasteiger partial charge >= 0.3 is 6.03 Å². The number of carbonyl (C=O) groups excluding carboxylic acids is 5. The molecule has 0 aromatic rings. The van der Waals surface area contributed by atoms with Crippen LogP contribution in [0.2, 0.25) is 0 Å². The van der Waals surface area contributed by atoms with Gasteiger partial charge in [0, 0.05) is 19.3 Å². The minimum Gasteiger partial charge on any atom is -0.349 e. The maximum absolute atomic E-state index is 14.5. The quantitative estimate of drug-likeness (QED) is 0.121. The van der Waals surface area contributed by atoms with Crippen molar-refractivity contribution in [2.45, 2.75) is 136 Å². The number of Topliss-reactive ketones (excluding diaryl/α,β-unsaturated/α-hetero) is 1. The van der Waals surface area contributed by atoms with E-state index >= 15 is 0 Å². The number of urea groups is 1. The number of nitrogens with one attached hydrogen (secondary N) is 4. The van der Waals surface area contributed by atoms with Crippen LogP contribution in [0.5, 0.6) is 0 Å². The molecule has 1 saturated heterocycles. The van der Waals surface area contributed by atoms with Gasteiger partial charge in [-0.3, -0.25) is 19.2 Å². The van der Waals surface area contributed by atoms with Gasteiger partial charge in [0.1, 0.15) is 21.9 Å². The van der Waals surface area contributed by atoms with Gasteiger partial charge in [-0.2, -0.15) is 0 Å². The molecule has 49 heavy (non-hydrogen) atoms. The summed E-state index contributed by atoms with van der Waals surface area (Å²) in [6.45, 7) is 15.7. The van der Waals surface area contributed by atoms with Gasteiger partial charge in [0.2, 0.25) is 17.6 Å². The minimum atomic E-state index is -3.40. The fourth-order valence-electron chi connectivity index (χ4n) is 7.31. The van der Waals surface area contributed by atoms with Crippen molar-refractivity contribution in [3.05, 3.63) is 12.7 Å². The van der Waals surface area contributed by atoms with Crippen LogP contribution in [0.15, 0.2) is 12.7 Å². The van der Waals surface area contributed by atoms with Crippen molar-refractivity contribution in [1.29, 1.82) is 0 Å². The summed E-state index contributed by atoms with van der Waals surface area (Å²) >= 11 is 0. The van der Waals surface area contributed by atoms with Crippen molar-refractivity contribution in [3.63, 3.8) is 0 Å². The monoisotopic (exact) mass is 707 g/mol. The number of hydrogen-bond acceptors (Lipinski definition) is 7. The normalized spacial score (nSPS) is 23.6. The molecule has 0 spiro atoms. The van der Waals surface area contributed by atoms with E-state index in [4.69, 9.17) is 0 Å². The molecule has 3 aliphatic rings. The van der Waals surface area contributed by atoms with Crippen LogP contribution in [0, 0.1) is 22.7 Å². The van der Waals surface area contributed by atoms with E-state index in [0.717, 1.165) is 44.8 Å². The first kappa shape index (κ1) is 40.5. The highest BCUT2D eigenvalue weighted by molar-refractivity contribution is 7.90. The topological polar surface area (TPSA) is 171 Å². The molecule has 3 fully saturated rings. The number of sulfone groups is 1. The number of hydrogen-bond donors (Lipinski definition) is 4. The molecule has 12 nitrogen and oxygen atoms in total. The van der Waals surface area contributed by atoms with Gasteiger partial charge in [-0.1, -0.05) is 86.1 Å². The van der Waals surface area contributed by atoms with E-state index < -0.39 is 68.5 Å². The molecule has 0 radical (unpaired) electrons. The third kappa shape index (κ3) is 11.3. The summed E-state index contributed by atoms with van der Waals surface area (Å²) in [6.07, 6.45) is 10.4. The SMILES string of the molecule is C=CCCNC(=O)C(=O)C(CC1CCC1)NC(=O)[C@@H]1CC(C)(C)C(C)CN1C(=O)[C@@H](NC(=O)NC1(CS(C)(=O)=O)CCCCC1)C(C)(C)C. The van der Waals surface area contributed by atoms with Crippen LogP contribution >= 0.6 is 0 Å². The molecule has 4 N–H and O–H groups in total. The van der Waals surface area contributed by atoms with Crippen molar-refractivity contribution in [3.8, 4) is 0 Å². The zero-order valence-corrected chi connectivity index (χ0v) is 31.6. The lowest BCUT2D eigenvalue weighted by molar-refractivity contribution is -0.151. The predicted octanol–water partition coefficient (Wildman–Crippen LogP) is 3.65. The lowest BCUT2D eigenvalue weighted by Crippen LogP contribution is -2.66. The van der Waals surface area contributed by atoms with Gasteiger partial charge in [0.25, 0.3) is 5.91 Å². The Balaban J connectivity index is 1.87. The highest BCUT2D eigenvalue weighted by atomic mass is 32.2. The molecule has 278 valence electrons. The van der Waals surface area contributed by atoms with Crippen molar-refractivity contribution in [2.24, 2.45) is 22.7 Å². The summed E-state index contributed by atoms with van der Waals surface area (Å²) in [4.78, 5) is 69.9. The Morgan fingerprint density at radius 1 is 1.00 bits per heavy atom. The van der Waals surface area contributed by atoms with Crippen LogP contribution in [0.1, 0.15) is 112 Å². The van der Waals surface area contributed by atoms with E-state index in [-0.39, 0.29) is 36.1 Å². The predicted molar refractivity (Wildman–Crippen MR) is 190 cm³/mol. The number of rotatable bonds is 14. The second-order valence-corrected chi connectivity index (χ2v) is 18.8. The van der Waals surface area contributed by atoms with Gasteiger partial charge < -0.3 is 26.2 Å². The average Bonchev–Trinajstić information content (AvgIpc) is 2.96. The number of amides is 5. The van der Waals surface area contributed by atoms with E-state index in [2.05, 4.69) is 27.8 Å². The summed E-state index contributed by atoms with van der Waals surface area (Å²) in [6, 6.07) is -3.63. The highest BCUT2D eigenvalue weighted by Gasteiger charge is 2.48. The standard InChI is InChI=1S/C36H61N5O7S/c1-9-10-19-37-31(44)28(42)26(20-25-15-14-16-25)38-30(43)27-21-35(6,7)24(2)22-41(27)32(45)29(34(3,4)5)39-33(46)40-36(23-49(8,47)48)17-12-11-13-18-36/h9,24-27,29H,1,10-23H2,2-8H3,(H,37,44)(H,38,43)(H2,39,40,46)/t24?,26?,27-,29+/m0/s1. The Hall–Kier alpha value is -2.96. The van der Waals surface area contributed by atoms with Gasteiger partial charge in [-0.15, -0.1) is 6.58 Å². The first-order valence-electron chi connectivity index (χ1n) is 18.0. The lowest BCUT2D eigenvalue weighted by atomic mass is 9.70. The average molecular weight is 708 g/mol. The van der Waals surface area contributed by atoms with Crippen molar-refractivity contribution in [1.82, 2.24) is 26.2 Å². The Kier molecular flexibility index (Phi) is 13.5. The number of piperidine rings is 1. The van der Waals surface area contributed by atoms with E-state index in [1.54, 1.807) is 6.08 Å². The smallest absolute Gasteiger partial charge is 0.315 e. The zero-order valence-electron chi connectivity index (χ0n) is 30.8. The van der Waals surface area contributed by atoms with Crippen LogP contribution < -0.4 is 21.3 Å². The van der Waals surface area contributed by atoms with Crippen molar-refractivity contribution < 1.29 is 32.4 Å². The zero-order chi connectivity index (χ0) is 36.8. The molecule has 4 atom stereocenters. The molecule has 3 rings (SSSR count). The number of carbonyl (C=O) groups is 5. The van der Waals surface area contributed by atoms with Gasteiger partial charge in [0.05, 0.1) is 17.3 Å². The molecule has 2 aliphatic carbocycles. The van der Waals surface area contributed by atoms with E-state index in [0.29, 0.717) is 32.1 Å². The van der Waals surface area contributed by atoms with Crippen LogP contribution in [0.3, 0.4) is 0 Å². The van der Waals surface area contributed by atoms with Gasteiger partial charge in [-0.05, 0) is 54.8 Å². The summed E-state index contributed by atoms with van der Waals surface area (Å²) < 4.78 is 24.7. The fourth-order valence-corrected chi connectivity index (χ4v) is 8.67. The summed E-state index contributed by atoms with van der Waals surface area (Å²) in [7, 11) is -3.40. The molecule has 2 saturated carbocycles. The van der Waals surface area contributed by atoms with Crippen LogP contribution in [0.4, 0.5) is 4.79 Å². The molecule has 0 aromatic heterocycles. The van der Waals surface area contributed by atoms with E-state index in [1.807, 2.05) is 41.5 Å². The molecular formula is C36H61N5O7S. The molecule has 0 bridgehead atoms. The van der Waals surface area contributed by atoms with Gasteiger partial charge in [-0.25, -0.2) is 13.2 Å². The summed E-state index contributed by atoms with van der Waals surface area (Å²) in [5.41, 5.74) is -2.02. The minimum absolute atomic E-state index is 0.0123. The molecule has 13 heteroatoms. The van der Waals surface area contributed by atoms with E-state index in [1.165, 1.54) is 4.90 Å². The van der Waals surface area contributed by atoms with E-state index in [9.17, 15) is 32.4 Å². The first-order valence-corrected chi connectivity index (χ1v) is 20.0. The fraction of sp³-hybridized carbons (Fsp3) is 0.806. The molecule has 0 aromatic carbocycles.